The summed E-state index contributed by atoms with van der Waals surface area (Å²) in [5.74, 6) is -0.300. The molecule has 1 aliphatic heterocycles. The van der Waals surface area contributed by atoms with E-state index in [1.54, 1.807) is 12.3 Å². The molecule has 1 fully saturated rings. The third-order valence-electron chi connectivity index (χ3n) is 3.73. The number of hydrogen-bond acceptors (Lipinski definition) is 4. The van der Waals surface area contributed by atoms with E-state index >= 15 is 0 Å². The number of anilines is 1. The van der Waals surface area contributed by atoms with E-state index in [-0.39, 0.29) is 5.82 Å². The zero-order chi connectivity index (χ0) is 15.0. The number of rotatable bonds is 2. The van der Waals surface area contributed by atoms with Crippen molar-refractivity contribution in [3.63, 3.8) is 0 Å². The van der Waals surface area contributed by atoms with Crippen LogP contribution < -0.4 is 4.90 Å². The van der Waals surface area contributed by atoms with Crippen LogP contribution in [-0.2, 0) is 10.0 Å². The van der Waals surface area contributed by atoms with E-state index in [0.29, 0.717) is 26.2 Å². The summed E-state index contributed by atoms with van der Waals surface area (Å²) in [5.41, 5.74) is 1.63. The van der Waals surface area contributed by atoms with Gasteiger partial charge in [-0.2, -0.15) is 4.31 Å². The second kappa shape index (κ2) is 5.23. The Hall–Kier alpha value is -1.73. The van der Waals surface area contributed by atoms with Crippen LogP contribution in [0.4, 0.5) is 10.1 Å². The molecule has 7 heteroatoms. The molecule has 0 amide bonds. The largest absolute Gasteiger partial charge is 0.368 e. The molecule has 2 heterocycles. The van der Waals surface area contributed by atoms with E-state index in [9.17, 15) is 12.8 Å². The van der Waals surface area contributed by atoms with Gasteiger partial charge in [0.2, 0.25) is 10.0 Å². The fourth-order valence-electron chi connectivity index (χ4n) is 2.64. The first-order valence-electron chi connectivity index (χ1n) is 6.69. The molecule has 0 radical (unpaired) electrons. The monoisotopic (exact) mass is 309 g/mol. The summed E-state index contributed by atoms with van der Waals surface area (Å²) >= 11 is 0. The number of pyridine rings is 1. The maximum atomic E-state index is 13.5. The highest BCUT2D eigenvalue weighted by Gasteiger charge is 2.24. The Kier molecular flexibility index (Phi) is 3.54. The molecular formula is C14H16FN3O2S. The lowest BCUT2D eigenvalue weighted by atomic mass is 10.1. The van der Waals surface area contributed by atoms with E-state index in [1.807, 2.05) is 6.07 Å². The first-order chi connectivity index (χ1) is 9.95. The fourth-order valence-corrected chi connectivity index (χ4v) is 3.47. The SMILES string of the molecule is CS(=O)(=O)N1CCN(c2ccnc3ccc(F)cc23)CC1. The molecular weight excluding hydrogens is 293 g/mol. The van der Waals surface area contributed by atoms with Crippen molar-refractivity contribution in [1.82, 2.24) is 9.29 Å². The Morgan fingerprint density at radius 1 is 1.14 bits per heavy atom. The molecule has 1 aromatic heterocycles. The van der Waals surface area contributed by atoms with Gasteiger partial charge in [0.05, 0.1) is 11.8 Å². The summed E-state index contributed by atoms with van der Waals surface area (Å²) in [6.45, 7) is 2.06. The first kappa shape index (κ1) is 14.2. The van der Waals surface area contributed by atoms with Crippen LogP contribution in [0, 0.1) is 5.82 Å². The summed E-state index contributed by atoms with van der Waals surface area (Å²) in [4.78, 5) is 6.31. The molecule has 0 unspecified atom stereocenters. The molecule has 0 N–H and O–H groups in total. The van der Waals surface area contributed by atoms with Gasteiger partial charge in [0.15, 0.2) is 0 Å². The van der Waals surface area contributed by atoms with Crippen molar-refractivity contribution in [2.75, 3.05) is 37.3 Å². The van der Waals surface area contributed by atoms with E-state index in [1.165, 1.54) is 22.7 Å². The van der Waals surface area contributed by atoms with Gasteiger partial charge in [0.1, 0.15) is 5.82 Å². The average Bonchev–Trinajstić information content (AvgIpc) is 2.46. The molecule has 5 nitrogen and oxygen atoms in total. The van der Waals surface area contributed by atoms with E-state index in [2.05, 4.69) is 9.88 Å². The smallest absolute Gasteiger partial charge is 0.211 e. The highest BCUT2D eigenvalue weighted by Crippen LogP contribution is 2.27. The molecule has 0 atom stereocenters. The fraction of sp³-hybridized carbons (Fsp3) is 0.357. The first-order valence-corrected chi connectivity index (χ1v) is 8.54. The Morgan fingerprint density at radius 3 is 2.52 bits per heavy atom. The Labute approximate surface area is 123 Å². The van der Waals surface area contributed by atoms with Crippen LogP contribution in [-0.4, -0.2) is 50.1 Å². The lowest BCUT2D eigenvalue weighted by Crippen LogP contribution is -2.48. The third-order valence-corrected chi connectivity index (χ3v) is 5.03. The number of aromatic nitrogens is 1. The van der Waals surface area contributed by atoms with Gasteiger partial charge in [-0.3, -0.25) is 4.98 Å². The minimum absolute atomic E-state index is 0.300. The normalized spacial score (nSPS) is 17.3. The summed E-state index contributed by atoms with van der Waals surface area (Å²) in [7, 11) is -3.15. The Balaban J connectivity index is 1.91. The maximum Gasteiger partial charge on any atom is 0.211 e. The van der Waals surface area contributed by atoms with Crippen LogP contribution >= 0.6 is 0 Å². The minimum Gasteiger partial charge on any atom is -0.368 e. The Bertz CT molecular complexity index is 771. The zero-order valence-corrected chi connectivity index (χ0v) is 12.5. The molecule has 1 saturated heterocycles. The van der Waals surface area contributed by atoms with Gasteiger partial charge in [-0.1, -0.05) is 0 Å². The average molecular weight is 309 g/mol. The van der Waals surface area contributed by atoms with Crippen molar-refractivity contribution >= 4 is 26.6 Å². The number of hydrogen-bond donors (Lipinski definition) is 0. The van der Waals surface area contributed by atoms with Gasteiger partial charge in [-0.15, -0.1) is 0 Å². The second-order valence-corrected chi connectivity index (χ2v) is 7.12. The third kappa shape index (κ3) is 2.84. The van der Waals surface area contributed by atoms with Crippen LogP contribution in [0.15, 0.2) is 30.5 Å². The van der Waals surface area contributed by atoms with Crippen LogP contribution in [0.2, 0.25) is 0 Å². The predicted octanol–water partition coefficient (Wildman–Crippen LogP) is 1.46. The van der Waals surface area contributed by atoms with Crippen LogP contribution in [0.3, 0.4) is 0 Å². The molecule has 0 spiro atoms. The number of nitrogens with zero attached hydrogens (tertiary/aromatic N) is 3. The number of fused-ring (bicyclic) bond motifs is 1. The minimum atomic E-state index is -3.15. The number of piperazine rings is 1. The second-order valence-electron chi connectivity index (χ2n) is 5.14. The highest BCUT2D eigenvalue weighted by atomic mass is 32.2. The van der Waals surface area contributed by atoms with Crippen LogP contribution in [0.25, 0.3) is 10.9 Å². The summed E-state index contributed by atoms with van der Waals surface area (Å²) < 4.78 is 38.0. The highest BCUT2D eigenvalue weighted by molar-refractivity contribution is 7.88. The summed E-state index contributed by atoms with van der Waals surface area (Å²) in [5, 5.41) is 0.755. The van der Waals surface area contributed by atoms with Crippen molar-refractivity contribution in [2.45, 2.75) is 0 Å². The van der Waals surface area contributed by atoms with E-state index in [4.69, 9.17) is 0 Å². The van der Waals surface area contributed by atoms with Gasteiger partial charge < -0.3 is 4.90 Å². The van der Waals surface area contributed by atoms with Crippen molar-refractivity contribution in [1.29, 1.82) is 0 Å². The van der Waals surface area contributed by atoms with Gasteiger partial charge in [0, 0.05) is 43.4 Å². The molecule has 21 heavy (non-hydrogen) atoms. The van der Waals surface area contributed by atoms with E-state index < -0.39 is 10.0 Å². The molecule has 1 aromatic carbocycles. The Morgan fingerprint density at radius 2 is 1.86 bits per heavy atom. The molecule has 0 bridgehead atoms. The van der Waals surface area contributed by atoms with Crippen molar-refractivity contribution in [2.24, 2.45) is 0 Å². The topological polar surface area (TPSA) is 53.5 Å². The molecule has 1 aliphatic rings. The molecule has 112 valence electrons. The van der Waals surface area contributed by atoms with Gasteiger partial charge in [-0.25, -0.2) is 12.8 Å². The lowest BCUT2D eigenvalue weighted by Gasteiger charge is -2.35. The van der Waals surface area contributed by atoms with Gasteiger partial charge in [-0.05, 0) is 24.3 Å². The molecule has 2 aromatic rings. The molecule has 0 aliphatic carbocycles. The quantitative estimate of drug-likeness (QED) is 0.843. The standard InChI is InChI=1S/C14H16FN3O2S/c1-21(19,20)18-8-6-17(7-9-18)14-4-5-16-13-3-2-11(15)10-12(13)14/h2-5,10H,6-9H2,1H3. The van der Waals surface area contributed by atoms with Crippen molar-refractivity contribution in [3.8, 4) is 0 Å². The van der Waals surface area contributed by atoms with Crippen molar-refractivity contribution < 1.29 is 12.8 Å². The lowest BCUT2D eigenvalue weighted by molar-refractivity contribution is 0.388. The van der Waals surface area contributed by atoms with E-state index in [0.717, 1.165) is 16.6 Å². The van der Waals surface area contributed by atoms with Crippen molar-refractivity contribution in [3.05, 3.63) is 36.3 Å². The summed E-state index contributed by atoms with van der Waals surface area (Å²) in [6, 6.07) is 6.36. The number of halogens is 1. The summed E-state index contributed by atoms with van der Waals surface area (Å²) in [6.07, 6.45) is 2.92. The maximum absolute atomic E-state index is 13.5. The zero-order valence-electron chi connectivity index (χ0n) is 11.7. The molecule has 3 rings (SSSR count). The number of benzene rings is 1. The van der Waals surface area contributed by atoms with Crippen LogP contribution in [0.5, 0.6) is 0 Å². The van der Waals surface area contributed by atoms with Gasteiger partial charge >= 0.3 is 0 Å². The molecule has 0 saturated carbocycles. The predicted molar refractivity (Wildman–Crippen MR) is 80.3 cm³/mol. The van der Waals surface area contributed by atoms with Crippen LogP contribution in [0.1, 0.15) is 0 Å². The van der Waals surface area contributed by atoms with Gasteiger partial charge in [0.25, 0.3) is 0 Å². The number of sulfonamides is 1.